The summed E-state index contributed by atoms with van der Waals surface area (Å²) in [4.78, 5) is 28.8. The fourth-order valence-corrected chi connectivity index (χ4v) is 4.19. The Hall–Kier alpha value is -3.88. The van der Waals surface area contributed by atoms with Crippen molar-refractivity contribution < 1.29 is 27.8 Å². The molecule has 2 heterocycles. The van der Waals surface area contributed by atoms with Crippen LogP contribution in [0.3, 0.4) is 0 Å². The molecule has 2 aromatic carbocycles. The third-order valence-corrected chi connectivity index (χ3v) is 5.95. The lowest BCUT2D eigenvalue weighted by atomic mass is 10.2. The molecule has 7 nitrogen and oxygen atoms in total. The third kappa shape index (κ3) is 4.99. The minimum absolute atomic E-state index is 0.136. The third-order valence-electron chi connectivity index (χ3n) is 5.95. The number of piperazine rings is 1. The zero-order chi connectivity index (χ0) is 24.9. The lowest BCUT2D eigenvalue weighted by Crippen LogP contribution is -2.51. The van der Waals surface area contributed by atoms with Crippen molar-refractivity contribution in [3.8, 4) is 5.75 Å². The van der Waals surface area contributed by atoms with Crippen LogP contribution in [0.25, 0.3) is 10.9 Å². The van der Waals surface area contributed by atoms with Gasteiger partial charge < -0.3 is 23.8 Å². The number of amides is 2. The Morgan fingerprint density at radius 1 is 1.03 bits per heavy atom. The molecule has 0 spiro atoms. The van der Waals surface area contributed by atoms with Gasteiger partial charge >= 0.3 is 6.09 Å². The summed E-state index contributed by atoms with van der Waals surface area (Å²) in [7, 11) is 0. The first-order valence-corrected chi connectivity index (χ1v) is 11.4. The van der Waals surface area contributed by atoms with Gasteiger partial charge in [-0.1, -0.05) is 24.8 Å². The largest absolute Gasteiger partial charge is 0.489 e. The molecule has 0 unspecified atom stereocenters. The number of ether oxygens (including phenoxy) is 2. The van der Waals surface area contributed by atoms with E-state index >= 15 is 0 Å². The summed E-state index contributed by atoms with van der Waals surface area (Å²) in [6, 6.07) is 10.7. The maximum atomic E-state index is 14.5. The maximum Gasteiger partial charge on any atom is 0.409 e. The fraction of sp³-hybridized carbons (Fsp3) is 0.308. The Labute approximate surface area is 202 Å². The number of rotatable bonds is 7. The molecule has 35 heavy (non-hydrogen) atoms. The van der Waals surface area contributed by atoms with Gasteiger partial charge in [0.05, 0.1) is 18.7 Å². The highest BCUT2D eigenvalue weighted by molar-refractivity contribution is 6.00. The zero-order valence-electron chi connectivity index (χ0n) is 19.5. The van der Waals surface area contributed by atoms with Crippen LogP contribution in [0.15, 0.2) is 55.1 Å². The molecule has 0 bridgehead atoms. The molecule has 2 amide bonds. The molecule has 0 atom stereocenters. The second-order valence-electron chi connectivity index (χ2n) is 8.08. The van der Waals surface area contributed by atoms with E-state index in [9.17, 15) is 18.4 Å². The quantitative estimate of drug-likeness (QED) is 0.466. The highest BCUT2D eigenvalue weighted by Crippen LogP contribution is 2.31. The van der Waals surface area contributed by atoms with Crippen molar-refractivity contribution >= 4 is 22.9 Å². The molecule has 3 aromatic rings. The summed E-state index contributed by atoms with van der Waals surface area (Å²) >= 11 is 0. The van der Waals surface area contributed by atoms with E-state index in [0.29, 0.717) is 42.8 Å². The summed E-state index contributed by atoms with van der Waals surface area (Å²) in [6.45, 7) is 7.07. The molecule has 0 saturated carbocycles. The Bertz CT molecular complexity index is 1230. The molecule has 1 aliphatic heterocycles. The average Bonchev–Trinajstić information content (AvgIpc) is 3.23. The molecule has 0 N–H and O–H groups in total. The van der Waals surface area contributed by atoms with Gasteiger partial charge in [-0.05, 0) is 37.3 Å². The fourth-order valence-electron chi connectivity index (χ4n) is 4.19. The van der Waals surface area contributed by atoms with Crippen LogP contribution in [-0.2, 0) is 11.3 Å². The molecule has 1 saturated heterocycles. The van der Waals surface area contributed by atoms with E-state index in [1.165, 1.54) is 18.2 Å². The summed E-state index contributed by atoms with van der Waals surface area (Å²) in [5.41, 5.74) is 0.758. The average molecular weight is 484 g/mol. The lowest BCUT2D eigenvalue weighted by molar-refractivity contribution is 0.0563. The standard InChI is InChI=1S/C26H27F2N3O4/c1-3-15-35-24-10-6-9-22-18(24)16-23(31(22)17-19-20(27)7-5-8-21(19)28)25(32)29-11-13-30(14-12-29)26(33)34-4-2/h3,5-10,16H,1,4,11-15,17H2,2H3. The Morgan fingerprint density at radius 2 is 1.69 bits per heavy atom. The minimum atomic E-state index is -0.688. The van der Waals surface area contributed by atoms with Crippen molar-refractivity contribution in [2.75, 3.05) is 39.4 Å². The highest BCUT2D eigenvalue weighted by atomic mass is 19.1. The first kappa shape index (κ1) is 24.3. The van der Waals surface area contributed by atoms with Crippen LogP contribution in [-0.4, -0.2) is 65.8 Å². The van der Waals surface area contributed by atoms with Crippen molar-refractivity contribution in [3.05, 3.63) is 78.0 Å². The molecular formula is C26H27F2N3O4. The first-order chi connectivity index (χ1) is 16.9. The second kappa shape index (κ2) is 10.6. The number of carbonyl (C=O) groups excluding carboxylic acids is 2. The van der Waals surface area contributed by atoms with Gasteiger partial charge in [-0.3, -0.25) is 4.79 Å². The van der Waals surface area contributed by atoms with Crippen molar-refractivity contribution in [1.82, 2.24) is 14.4 Å². The number of hydrogen-bond acceptors (Lipinski definition) is 4. The highest BCUT2D eigenvalue weighted by Gasteiger charge is 2.28. The predicted molar refractivity (Wildman–Crippen MR) is 128 cm³/mol. The molecule has 1 aliphatic rings. The summed E-state index contributed by atoms with van der Waals surface area (Å²) in [5, 5.41) is 0.652. The normalized spacial score (nSPS) is 13.7. The van der Waals surface area contributed by atoms with Crippen LogP contribution in [0, 0.1) is 11.6 Å². The van der Waals surface area contributed by atoms with E-state index in [0.717, 1.165) is 0 Å². The summed E-state index contributed by atoms with van der Waals surface area (Å²) in [5.74, 6) is -1.13. The van der Waals surface area contributed by atoms with Crippen molar-refractivity contribution in [1.29, 1.82) is 0 Å². The molecule has 1 fully saturated rings. The van der Waals surface area contributed by atoms with E-state index < -0.39 is 17.7 Å². The maximum absolute atomic E-state index is 14.5. The van der Waals surface area contributed by atoms with E-state index in [-0.39, 0.29) is 36.9 Å². The summed E-state index contributed by atoms with van der Waals surface area (Å²) < 4.78 is 41.5. The van der Waals surface area contributed by atoms with Gasteiger partial charge in [0.15, 0.2) is 0 Å². The van der Waals surface area contributed by atoms with E-state index in [1.807, 2.05) is 0 Å². The van der Waals surface area contributed by atoms with E-state index in [4.69, 9.17) is 9.47 Å². The van der Waals surface area contributed by atoms with E-state index in [2.05, 4.69) is 6.58 Å². The number of aromatic nitrogens is 1. The molecule has 9 heteroatoms. The molecule has 0 aliphatic carbocycles. The Balaban J connectivity index is 1.70. The van der Waals surface area contributed by atoms with Crippen LogP contribution in [0.4, 0.5) is 13.6 Å². The first-order valence-electron chi connectivity index (χ1n) is 11.4. The van der Waals surface area contributed by atoms with Crippen molar-refractivity contribution in [2.24, 2.45) is 0 Å². The summed E-state index contributed by atoms with van der Waals surface area (Å²) in [6.07, 6.45) is 1.20. The topological polar surface area (TPSA) is 64.0 Å². The lowest BCUT2D eigenvalue weighted by Gasteiger charge is -2.34. The Morgan fingerprint density at radius 3 is 2.34 bits per heavy atom. The number of fused-ring (bicyclic) bond motifs is 1. The number of carbonyl (C=O) groups is 2. The molecule has 0 radical (unpaired) electrons. The minimum Gasteiger partial charge on any atom is -0.489 e. The molecule has 1 aromatic heterocycles. The van der Waals surface area contributed by atoms with Crippen LogP contribution < -0.4 is 4.74 Å². The van der Waals surface area contributed by atoms with Gasteiger partial charge in [-0.15, -0.1) is 0 Å². The van der Waals surface area contributed by atoms with Crippen LogP contribution >= 0.6 is 0 Å². The predicted octanol–water partition coefficient (Wildman–Crippen LogP) is 4.45. The molecule has 184 valence electrons. The van der Waals surface area contributed by atoms with Crippen LogP contribution in [0.1, 0.15) is 23.0 Å². The SMILES string of the molecule is C=CCOc1cccc2c1cc(C(=O)N1CCN(C(=O)OCC)CC1)n2Cc1c(F)cccc1F. The second-order valence-corrected chi connectivity index (χ2v) is 8.08. The van der Waals surface area contributed by atoms with Gasteiger partial charge in [-0.25, -0.2) is 13.6 Å². The van der Waals surface area contributed by atoms with Gasteiger partial charge in [0.25, 0.3) is 5.91 Å². The van der Waals surface area contributed by atoms with E-state index in [1.54, 1.807) is 51.6 Å². The smallest absolute Gasteiger partial charge is 0.409 e. The number of nitrogens with zero attached hydrogens (tertiary/aromatic N) is 3. The Kier molecular flexibility index (Phi) is 7.33. The van der Waals surface area contributed by atoms with Gasteiger partial charge in [-0.2, -0.15) is 0 Å². The molecule has 4 rings (SSSR count). The van der Waals surface area contributed by atoms with Crippen LogP contribution in [0.2, 0.25) is 0 Å². The van der Waals surface area contributed by atoms with Crippen molar-refractivity contribution in [3.63, 3.8) is 0 Å². The molecular weight excluding hydrogens is 456 g/mol. The van der Waals surface area contributed by atoms with Gasteiger partial charge in [0, 0.05) is 37.1 Å². The number of benzene rings is 2. The monoisotopic (exact) mass is 483 g/mol. The van der Waals surface area contributed by atoms with Gasteiger partial charge in [0.1, 0.15) is 29.7 Å². The van der Waals surface area contributed by atoms with Crippen molar-refractivity contribution in [2.45, 2.75) is 13.5 Å². The zero-order valence-corrected chi connectivity index (χ0v) is 19.5. The number of halogens is 2. The number of hydrogen-bond donors (Lipinski definition) is 0. The van der Waals surface area contributed by atoms with Crippen LogP contribution in [0.5, 0.6) is 5.75 Å². The van der Waals surface area contributed by atoms with Gasteiger partial charge in [0.2, 0.25) is 0 Å².